The molecule has 1 aromatic rings. The Kier molecular flexibility index (Phi) is 5.14. The van der Waals surface area contributed by atoms with Crippen molar-refractivity contribution in [2.45, 2.75) is 38.0 Å². The van der Waals surface area contributed by atoms with Crippen molar-refractivity contribution in [1.82, 2.24) is 5.32 Å². The Balaban J connectivity index is 2.11. The van der Waals surface area contributed by atoms with Gasteiger partial charge in [0.25, 0.3) is 0 Å². The van der Waals surface area contributed by atoms with Crippen LogP contribution < -0.4 is 5.32 Å². The molecule has 1 atom stereocenters. The van der Waals surface area contributed by atoms with Gasteiger partial charge in [-0.2, -0.15) is 11.8 Å². The molecule has 0 fully saturated rings. The predicted octanol–water partition coefficient (Wildman–Crippen LogP) is 4.15. The Morgan fingerprint density at radius 2 is 2.47 bits per heavy atom. The fourth-order valence-electron chi connectivity index (χ4n) is 2.13. The number of thiophene rings is 1. The Bertz CT molecular complexity index is 347. The summed E-state index contributed by atoms with van der Waals surface area (Å²) in [7, 11) is 0. The first-order valence-electron chi connectivity index (χ1n) is 6.38. The smallest absolute Gasteiger partial charge is 0.0449 e. The summed E-state index contributed by atoms with van der Waals surface area (Å²) in [4.78, 5) is 3.12. The average Bonchev–Trinajstić information content (AvgIpc) is 2.78. The van der Waals surface area contributed by atoms with Crippen LogP contribution in [0.4, 0.5) is 0 Å². The van der Waals surface area contributed by atoms with Crippen molar-refractivity contribution < 1.29 is 0 Å². The van der Waals surface area contributed by atoms with Crippen molar-refractivity contribution in [2.75, 3.05) is 12.3 Å². The molecule has 2 rings (SSSR count). The van der Waals surface area contributed by atoms with E-state index in [1.807, 2.05) is 17.4 Å². The molecule has 0 saturated carbocycles. The second-order valence-electron chi connectivity index (χ2n) is 4.43. The highest BCUT2D eigenvalue weighted by Crippen LogP contribution is 2.35. The second kappa shape index (κ2) is 6.62. The summed E-state index contributed by atoms with van der Waals surface area (Å²) in [5.41, 5.74) is 1.58. The molecule has 0 aromatic carbocycles. The van der Waals surface area contributed by atoms with Crippen LogP contribution in [0.1, 0.15) is 41.1 Å². The van der Waals surface area contributed by atoms with E-state index < -0.39 is 0 Å². The van der Waals surface area contributed by atoms with E-state index in [0.29, 0.717) is 6.04 Å². The van der Waals surface area contributed by atoms with Crippen LogP contribution in [0.5, 0.6) is 0 Å². The Labute approximate surface area is 113 Å². The van der Waals surface area contributed by atoms with Crippen LogP contribution in [0.15, 0.2) is 18.7 Å². The summed E-state index contributed by atoms with van der Waals surface area (Å²) < 4.78 is 0. The maximum absolute atomic E-state index is 3.88. The maximum Gasteiger partial charge on any atom is 0.0449 e. The Morgan fingerprint density at radius 1 is 1.59 bits per heavy atom. The maximum atomic E-state index is 3.88. The van der Waals surface area contributed by atoms with Gasteiger partial charge in [0, 0.05) is 21.5 Å². The zero-order chi connectivity index (χ0) is 12.1. The van der Waals surface area contributed by atoms with Crippen molar-refractivity contribution in [2.24, 2.45) is 0 Å². The van der Waals surface area contributed by atoms with E-state index in [9.17, 15) is 0 Å². The van der Waals surface area contributed by atoms with Crippen LogP contribution in [0.25, 0.3) is 0 Å². The molecule has 1 unspecified atom stereocenters. The predicted molar refractivity (Wildman–Crippen MR) is 80.0 cm³/mol. The molecule has 94 valence electrons. The summed E-state index contributed by atoms with van der Waals surface area (Å²) >= 11 is 4.07. The standard InChI is InChI=1S/C14H21NS2/c1-3-5-12(15-7-4-2)14-9-11-10-16-8-6-13(11)17-14/h3,9,12,15H,1,4-8,10H2,2H3. The third-order valence-corrected chi connectivity index (χ3v) is 5.39. The van der Waals surface area contributed by atoms with Crippen molar-refractivity contribution in [3.8, 4) is 0 Å². The SMILES string of the molecule is C=CCC(NCCC)c1cc2c(s1)CCSC2. The van der Waals surface area contributed by atoms with Crippen molar-refractivity contribution in [3.05, 3.63) is 34.0 Å². The normalized spacial score (nSPS) is 16.5. The van der Waals surface area contributed by atoms with Gasteiger partial charge in [-0.25, -0.2) is 0 Å². The third kappa shape index (κ3) is 3.36. The minimum Gasteiger partial charge on any atom is -0.309 e. The van der Waals surface area contributed by atoms with Crippen LogP contribution in [0, 0.1) is 0 Å². The van der Waals surface area contributed by atoms with Crippen molar-refractivity contribution >= 4 is 23.1 Å². The number of aryl methyl sites for hydroxylation is 1. The van der Waals surface area contributed by atoms with E-state index in [4.69, 9.17) is 0 Å². The van der Waals surface area contributed by atoms with Crippen LogP contribution >= 0.6 is 23.1 Å². The van der Waals surface area contributed by atoms with Gasteiger partial charge in [-0.05, 0) is 43.2 Å². The zero-order valence-corrected chi connectivity index (χ0v) is 12.1. The molecule has 1 aromatic heterocycles. The van der Waals surface area contributed by atoms with Gasteiger partial charge in [-0.3, -0.25) is 0 Å². The monoisotopic (exact) mass is 267 g/mol. The van der Waals surface area contributed by atoms with E-state index in [1.165, 1.54) is 29.2 Å². The molecular formula is C14H21NS2. The summed E-state index contributed by atoms with van der Waals surface area (Å²) in [6, 6.07) is 2.90. The molecule has 1 nitrogen and oxygen atoms in total. The fraction of sp³-hybridized carbons (Fsp3) is 0.571. The van der Waals surface area contributed by atoms with Gasteiger partial charge in [0.2, 0.25) is 0 Å². The lowest BCUT2D eigenvalue weighted by Crippen LogP contribution is -2.20. The molecule has 0 saturated heterocycles. The van der Waals surface area contributed by atoms with Gasteiger partial charge in [0.05, 0.1) is 0 Å². The topological polar surface area (TPSA) is 12.0 Å². The molecule has 17 heavy (non-hydrogen) atoms. The van der Waals surface area contributed by atoms with E-state index in [0.717, 1.165) is 13.0 Å². The van der Waals surface area contributed by atoms with Crippen LogP contribution in [-0.4, -0.2) is 12.3 Å². The molecule has 1 N–H and O–H groups in total. The van der Waals surface area contributed by atoms with Crippen molar-refractivity contribution in [3.63, 3.8) is 0 Å². The lowest BCUT2D eigenvalue weighted by molar-refractivity contribution is 0.544. The molecule has 0 bridgehead atoms. The van der Waals surface area contributed by atoms with Crippen LogP contribution in [0.3, 0.4) is 0 Å². The average molecular weight is 267 g/mol. The van der Waals surface area contributed by atoms with E-state index >= 15 is 0 Å². The molecule has 0 spiro atoms. The zero-order valence-electron chi connectivity index (χ0n) is 10.5. The highest BCUT2D eigenvalue weighted by molar-refractivity contribution is 7.98. The molecule has 1 aliphatic rings. The first-order valence-corrected chi connectivity index (χ1v) is 8.35. The molecule has 0 amide bonds. The summed E-state index contributed by atoms with van der Waals surface area (Å²) in [6.45, 7) is 7.19. The fourth-order valence-corrected chi connectivity index (χ4v) is 4.59. The lowest BCUT2D eigenvalue weighted by Gasteiger charge is -2.14. The van der Waals surface area contributed by atoms with Crippen LogP contribution in [0.2, 0.25) is 0 Å². The summed E-state index contributed by atoms with van der Waals surface area (Å²) in [5.74, 6) is 2.50. The highest BCUT2D eigenvalue weighted by atomic mass is 32.2. The molecule has 0 aliphatic carbocycles. The third-order valence-electron chi connectivity index (χ3n) is 3.03. The number of rotatable bonds is 6. The van der Waals surface area contributed by atoms with Gasteiger partial charge in [0.15, 0.2) is 0 Å². The summed E-state index contributed by atoms with van der Waals surface area (Å²) in [6.07, 6.45) is 5.52. The number of hydrogen-bond acceptors (Lipinski definition) is 3. The van der Waals surface area contributed by atoms with Crippen LogP contribution in [-0.2, 0) is 12.2 Å². The van der Waals surface area contributed by atoms with Gasteiger partial charge >= 0.3 is 0 Å². The quantitative estimate of drug-likeness (QED) is 0.777. The molecule has 2 heterocycles. The molecule has 3 heteroatoms. The Hall–Kier alpha value is -0.250. The van der Waals surface area contributed by atoms with Gasteiger partial charge in [-0.1, -0.05) is 13.0 Å². The molecule has 1 aliphatic heterocycles. The van der Waals surface area contributed by atoms with Gasteiger partial charge in [0.1, 0.15) is 0 Å². The number of fused-ring (bicyclic) bond motifs is 1. The van der Waals surface area contributed by atoms with Crippen molar-refractivity contribution in [1.29, 1.82) is 0 Å². The van der Waals surface area contributed by atoms with Gasteiger partial charge in [-0.15, -0.1) is 17.9 Å². The number of hydrogen-bond donors (Lipinski definition) is 1. The highest BCUT2D eigenvalue weighted by Gasteiger charge is 2.18. The van der Waals surface area contributed by atoms with Gasteiger partial charge < -0.3 is 5.32 Å². The Morgan fingerprint density at radius 3 is 3.18 bits per heavy atom. The van der Waals surface area contributed by atoms with E-state index in [2.05, 4.69) is 36.6 Å². The first-order chi connectivity index (χ1) is 8.35. The largest absolute Gasteiger partial charge is 0.309 e. The first kappa shape index (κ1) is 13.2. The van der Waals surface area contributed by atoms with E-state index in [-0.39, 0.29) is 0 Å². The number of thioether (sulfide) groups is 1. The number of nitrogens with one attached hydrogen (secondary N) is 1. The second-order valence-corrected chi connectivity index (χ2v) is 6.70. The molecular weight excluding hydrogens is 246 g/mol. The minimum absolute atomic E-state index is 0.480. The van der Waals surface area contributed by atoms with E-state index in [1.54, 1.807) is 10.4 Å². The molecule has 0 radical (unpaired) electrons. The minimum atomic E-state index is 0.480. The summed E-state index contributed by atoms with van der Waals surface area (Å²) in [5, 5.41) is 3.63. The lowest BCUT2D eigenvalue weighted by atomic mass is 10.1.